The number of methoxy groups -OCH3 is 2. The Hall–Kier alpha value is -2.04. The molecular formula is C20H27NO3. The Morgan fingerprint density at radius 2 is 1.58 bits per heavy atom. The van der Waals surface area contributed by atoms with Crippen LogP contribution in [0.25, 0.3) is 0 Å². The molecule has 0 spiro atoms. The van der Waals surface area contributed by atoms with Crippen LogP contribution in [-0.4, -0.2) is 25.9 Å². The van der Waals surface area contributed by atoms with Gasteiger partial charge in [0.15, 0.2) is 11.5 Å². The van der Waals surface area contributed by atoms with Gasteiger partial charge in [0.1, 0.15) is 0 Å². The quantitative estimate of drug-likeness (QED) is 0.774. The zero-order valence-corrected chi connectivity index (χ0v) is 14.9. The van der Waals surface area contributed by atoms with Gasteiger partial charge in [-0.3, -0.25) is 0 Å². The van der Waals surface area contributed by atoms with Crippen molar-refractivity contribution >= 4 is 0 Å². The van der Waals surface area contributed by atoms with E-state index in [0.717, 1.165) is 23.3 Å². The topological polar surface area (TPSA) is 50.7 Å². The molecule has 4 nitrogen and oxygen atoms in total. The molecule has 0 saturated carbocycles. The highest BCUT2D eigenvalue weighted by atomic mass is 16.5. The second-order valence-electron chi connectivity index (χ2n) is 5.91. The summed E-state index contributed by atoms with van der Waals surface area (Å²) in [5, 5.41) is 13.8. The van der Waals surface area contributed by atoms with E-state index in [0.29, 0.717) is 12.3 Å². The smallest absolute Gasteiger partial charge is 0.161 e. The minimum atomic E-state index is -0.528. The average molecular weight is 329 g/mol. The van der Waals surface area contributed by atoms with Crippen LogP contribution in [0.2, 0.25) is 0 Å². The van der Waals surface area contributed by atoms with Crippen molar-refractivity contribution in [2.75, 3.05) is 20.8 Å². The number of benzene rings is 2. The van der Waals surface area contributed by atoms with Crippen molar-refractivity contribution < 1.29 is 14.6 Å². The molecule has 2 rings (SSSR count). The minimum absolute atomic E-state index is 0.143. The summed E-state index contributed by atoms with van der Waals surface area (Å²) in [4.78, 5) is 0. The molecule has 130 valence electrons. The monoisotopic (exact) mass is 329 g/mol. The predicted octanol–water partition coefficient (Wildman–Crippen LogP) is 3.79. The molecule has 0 bridgehead atoms. The van der Waals surface area contributed by atoms with Crippen molar-refractivity contribution in [2.24, 2.45) is 0 Å². The lowest BCUT2D eigenvalue weighted by Crippen LogP contribution is -2.26. The number of hydrogen-bond acceptors (Lipinski definition) is 4. The van der Waals surface area contributed by atoms with Crippen LogP contribution in [0.3, 0.4) is 0 Å². The first-order chi connectivity index (χ1) is 11.6. The van der Waals surface area contributed by atoms with E-state index in [-0.39, 0.29) is 6.04 Å². The van der Waals surface area contributed by atoms with Gasteiger partial charge in [-0.25, -0.2) is 0 Å². The van der Waals surface area contributed by atoms with Crippen molar-refractivity contribution in [3.8, 4) is 11.5 Å². The van der Waals surface area contributed by atoms with Gasteiger partial charge in [0.2, 0.25) is 0 Å². The van der Waals surface area contributed by atoms with Crippen LogP contribution in [0, 0.1) is 6.92 Å². The molecule has 2 unspecified atom stereocenters. The summed E-state index contributed by atoms with van der Waals surface area (Å²) >= 11 is 0. The molecule has 0 radical (unpaired) electrons. The fourth-order valence-electron chi connectivity index (χ4n) is 2.73. The lowest BCUT2D eigenvalue weighted by Gasteiger charge is -2.21. The Morgan fingerprint density at radius 3 is 2.17 bits per heavy atom. The predicted molar refractivity (Wildman–Crippen MR) is 96.7 cm³/mol. The maximum Gasteiger partial charge on any atom is 0.161 e. The molecule has 0 saturated heterocycles. The van der Waals surface area contributed by atoms with Crippen LogP contribution in [0.5, 0.6) is 11.5 Å². The van der Waals surface area contributed by atoms with Gasteiger partial charge in [-0.15, -0.1) is 0 Å². The van der Waals surface area contributed by atoms with Crippen LogP contribution < -0.4 is 14.8 Å². The molecule has 0 fully saturated rings. The van der Waals surface area contributed by atoms with E-state index < -0.39 is 6.10 Å². The number of rotatable bonds is 8. The minimum Gasteiger partial charge on any atom is -0.493 e. The molecule has 0 aliphatic heterocycles. The van der Waals surface area contributed by atoms with Crippen LogP contribution in [0.1, 0.15) is 42.2 Å². The Kier molecular flexibility index (Phi) is 6.64. The molecular weight excluding hydrogens is 302 g/mol. The van der Waals surface area contributed by atoms with Crippen LogP contribution >= 0.6 is 0 Å². The second-order valence-corrected chi connectivity index (χ2v) is 5.91. The van der Waals surface area contributed by atoms with E-state index in [9.17, 15) is 5.11 Å². The van der Waals surface area contributed by atoms with E-state index in [2.05, 4.69) is 12.2 Å². The Bertz CT molecular complexity index is 640. The van der Waals surface area contributed by atoms with E-state index in [1.165, 1.54) is 5.56 Å². The highest BCUT2D eigenvalue weighted by molar-refractivity contribution is 5.43. The normalized spacial score (nSPS) is 13.4. The average Bonchev–Trinajstić information content (AvgIpc) is 2.62. The molecule has 0 amide bonds. The molecule has 2 aromatic rings. The van der Waals surface area contributed by atoms with E-state index in [1.807, 2.05) is 49.4 Å². The fraction of sp³-hybridized carbons (Fsp3) is 0.400. The molecule has 4 heteroatoms. The first kappa shape index (κ1) is 18.3. The number of nitrogens with one attached hydrogen (secondary N) is 1. The molecule has 2 N–H and O–H groups in total. The number of aliphatic hydroxyl groups is 1. The van der Waals surface area contributed by atoms with Crippen molar-refractivity contribution in [1.29, 1.82) is 0 Å². The van der Waals surface area contributed by atoms with Gasteiger partial charge in [0.25, 0.3) is 0 Å². The molecule has 0 aliphatic carbocycles. The van der Waals surface area contributed by atoms with Crippen molar-refractivity contribution in [3.05, 3.63) is 59.2 Å². The summed E-state index contributed by atoms with van der Waals surface area (Å²) < 4.78 is 10.7. The maximum absolute atomic E-state index is 10.4. The molecule has 0 aliphatic rings. The SMILES string of the molecule is CCC(NCC(O)c1ccc(C)cc1)c1ccc(OC)c(OC)c1. The zero-order valence-electron chi connectivity index (χ0n) is 14.9. The Balaban J connectivity index is 2.05. The first-order valence-electron chi connectivity index (χ1n) is 8.29. The summed E-state index contributed by atoms with van der Waals surface area (Å²) in [5.74, 6) is 1.44. The van der Waals surface area contributed by atoms with Crippen LogP contribution in [-0.2, 0) is 0 Å². The van der Waals surface area contributed by atoms with Gasteiger partial charge >= 0.3 is 0 Å². The van der Waals surface area contributed by atoms with Crippen LogP contribution in [0.15, 0.2) is 42.5 Å². The number of ether oxygens (including phenoxy) is 2. The van der Waals surface area contributed by atoms with Gasteiger partial charge in [-0.05, 0) is 36.6 Å². The van der Waals surface area contributed by atoms with Crippen molar-refractivity contribution in [3.63, 3.8) is 0 Å². The standard InChI is InChI=1S/C20H27NO3/c1-5-17(16-10-11-19(23-3)20(12-16)24-4)21-13-18(22)15-8-6-14(2)7-9-15/h6-12,17-18,21-22H,5,13H2,1-4H3. The summed E-state index contributed by atoms with van der Waals surface area (Å²) in [6.07, 6.45) is 0.385. The fourth-order valence-corrected chi connectivity index (χ4v) is 2.73. The number of aryl methyl sites for hydroxylation is 1. The lowest BCUT2D eigenvalue weighted by atomic mass is 10.0. The summed E-state index contributed by atoms with van der Waals surface area (Å²) in [5.41, 5.74) is 3.23. The Morgan fingerprint density at radius 1 is 0.958 bits per heavy atom. The number of aliphatic hydroxyl groups excluding tert-OH is 1. The largest absolute Gasteiger partial charge is 0.493 e. The van der Waals surface area contributed by atoms with Gasteiger partial charge in [0.05, 0.1) is 20.3 Å². The third-order valence-electron chi connectivity index (χ3n) is 4.24. The maximum atomic E-state index is 10.4. The Labute approximate surface area is 144 Å². The van der Waals surface area contributed by atoms with Crippen LogP contribution in [0.4, 0.5) is 0 Å². The molecule has 2 aromatic carbocycles. The van der Waals surface area contributed by atoms with Crippen molar-refractivity contribution in [2.45, 2.75) is 32.4 Å². The van der Waals surface area contributed by atoms with E-state index >= 15 is 0 Å². The molecule has 2 atom stereocenters. The van der Waals surface area contributed by atoms with Gasteiger partial charge in [-0.2, -0.15) is 0 Å². The molecule has 0 heterocycles. The third kappa shape index (κ3) is 4.49. The number of hydrogen-bond donors (Lipinski definition) is 2. The first-order valence-corrected chi connectivity index (χ1v) is 8.29. The summed E-state index contributed by atoms with van der Waals surface area (Å²) in [6, 6.07) is 14.0. The van der Waals surface area contributed by atoms with Gasteiger partial charge in [-0.1, -0.05) is 42.8 Å². The van der Waals surface area contributed by atoms with Crippen molar-refractivity contribution in [1.82, 2.24) is 5.32 Å². The molecule has 24 heavy (non-hydrogen) atoms. The van der Waals surface area contributed by atoms with Gasteiger partial charge < -0.3 is 19.9 Å². The second kappa shape index (κ2) is 8.71. The van der Waals surface area contributed by atoms with Gasteiger partial charge in [0, 0.05) is 12.6 Å². The van der Waals surface area contributed by atoms with E-state index in [4.69, 9.17) is 9.47 Å². The highest BCUT2D eigenvalue weighted by Gasteiger charge is 2.15. The summed E-state index contributed by atoms with van der Waals surface area (Å²) in [6.45, 7) is 4.65. The lowest BCUT2D eigenvalue weighted by molar-refractivity contribution is 0.169. The van der Waals surface area contributed by atoms with E-state index in [1.54, 1.807) is 14.2 Å². The zero-order chi connectivity index (χ0) is 17.5. The highest BCUT2D eigenvalue weighted by Crippen LogP contribution is 2.31. The summed E-state index contributed by atoms with van der Waals surface area (Å²) in [7, 11) is 3.27. The third-order valence-corrected chi connectivity index (χ3v) is 4.24. The molecule has 0 aromatic heterocycles.